The molecule has 1 saturated carbocycles. The molecule has 4 heteroatoms. The quantitative estimate of drug-likeness (QED) is 0.851. The van der Waals surface area contributed by atoms with Crippen LogP contribution in [0.1, 0.15) is 29.7 Å². The van der Waals surface area contributed by atoms with Gasteiger partial charge in [0.2, 0.25) is 0 Å². The molecule has 1 fully saturated rings. The van der Waals surface area contributed by atoms with E-state index in [4.69, 9.17) is 0 Å². The highest BCUT2D eigenvalue weighted by Gasteiger charge is 2.22. The number of rotatable bonds is 3. The van der Waals surface area contributed by atoms with Crippen molar-refractivity contribution in [2.24, 2.45) is 7.05 Å². The molecule has 1 aliphatic heterocycles. The molecule has 0 spiro atoms. The lowest BCUT2D eigenvalue weighted by molar-refractivity contribution is 0.305. The Labute approximate surface area is 108 Å². The molecule has 3 rings (SSSR count). The summed E-state index contributed by atoms with van der Waals surface area (Å²) in [5.41, 5.74) is 3.62. The van der Waals surface area contributed by atoms with Gasteiger partial charge in [0.1, 0.15) is 0 Å². The van der Waals surface area contributed by atoms with Crippen molar-refractivity contribution in [2.75, 3.05) is 13.6 Å². The first kappa shape index (κ1) is 11.9. The molecule has 1 aromatic rings. The number of fused-ring (bicyclic) bond motifs is 1. The minimum absolute atomic E-state index is 0.173. The first-order valence-corrected chi connectivity index (χ1v) is 6.77. The van der Waals surface area contributed by atoms with Gasteiger partial charge < -0.3 is 14.8 Å². The van der Waals surface area contributed by atoms with Gasteiger partial charge in [-0.1, -0.05) is 0 Å². The molecule has 2 heterocycles. The van der Waals surface area contributed by atoms with E-state index in [-0.39, 0.29) is 5.56 Å². The van der Waals surface area contributed by atoms with Gasteiger partial charge in [-0.15, -0.1) is 0 Å². The van der Waals surface area contributed by atoms with Gasteiger partial charge in [0, 0.05) is 50.4 Å². The van der Waals surface area contributed by atoms with Crippen LogP contribution in [0, 0.1) is 0 Å². The summed E-state index contributed by atoms with van der Waals surface area (Å²) in [5.74, 6) is 0. The summed E-state index contributed by atoms with van der Waals surface area (Å²) in [6, 6.07) is 2.76. The molecule has 0 amide bonds. The van der Waals surface area contributed by atoms with Crippen molar-refractivity contribution in [1.82, 2.24) is 14.8 Å². The molecule has 1 aromatic heterocycles. The van der Waals surface area contributed by atoms with E-state index < -0.39 is 0 Å². The third kappa shape index (κ3) is 2.22. The van der Waals surface area contributed by atoms with Gasteiger partial charge in [0.05, 0.1) is 0 Å². The van der Waals surface area contributed by atoms with E-state index in [0.717, 1.165) is 25.1 Å². The van der Waals surface area contributed by atoms with Crippen LogP contribution >= 0.6 is 0 Å². The highest BCUT2D eigenvalue weighted by molar-refractivity contribution is 5.28. The summed E-state index contributed by atoms with van der Waals surface area (Å²) >= 11 is 0. The van der Waals surface area contributed by atoms with Crippen LogP contribution in [0.25, 0.3) is 0 Å². The highest BCUT2D eigenvalue weighted by atomic mass is 16.1. The fourth-order valence-corrected chi connectivity index (χ4v) is 2.71. The van der Waals surface area contributed by atoms with E-state index in [2.05, 4.69) is 23.3 Å². The highest BCUT2D eigenvalue weighted by Crippen LogP contribution is 2.20. The lowest BCUT2D eigenvalue weighted by atomic mass is 10.0. The summed E-state index contributed by atoms with van der Waals surface area (Å²) in [6.07, 6.45) is 3.50. The molecule has 0 bridgehead atoms. The van der Waals surface area contributed by atoms with Crippen molar-refractivity contribution in [3.63, 3.8) is 0 Å². The maximum atomic E-state index is 12.3. The minimum atomic E-state index is 0.173. The summed E-state index contributed by atoms with van der Waals surface area (Å²) in [7, 11) is 4.04. The Kier molecular flexibility index (Phi) is 2.99. The number of nitrogens with one attached hydrogen (secondary N) is 1. The molecule has 0 radical (unpaired) electrons. The average molecular weight is 247 g/mol. The summed E-state index contributed by atoms with van der Waals surface area (Å²) in [6.45, 7) is 2.72. The second kappa shape index (κ2) is 4.52. The van der Waals surface area contributed by atoms with E-state index in [9.17, 15) is 4.79 Å². The summed E-state index contributed by atoms with van der Waals surface area (Å²) in [4.78, 5) is 14.6. The Bertz CT molecular complexity index is 517. The zero-order valence-corrected chi connectivity index (χ0v) is 11.2. The Balaban J connectivity index is 1.91. The predicted octanol–water partition coefficient (Wildman–Crippen LogP) is 0.625. The van der Waals surface area contributed by atoms with E-state index in [1.165, 1.54) is 24.1 Å². The molecule has 98 valence electrons. The maximum Gasteiger partial charge on any atom is 0.255 e. The number of aromatic nitrogens is 1. The topological polar surface area (TPSA) is 37.3 Å². The van der Waals surface area contributed by atoms with Gasteiger partial charge in [-0.25, -0.2) is 0 Å². The monoisotopic (exact) mass is 247 g/mol. The minimum Gasteiger partial charge on any atom is -0.315 e. The number of likely N-dealkylation sites (N-methyl/N-ethyl adjacent to an activating group) is 1. The normalized spacial score (nSPS) is 19.9. The smallest absolute Gasteiger partial charge is 0.255 e. The lowest BCUT2D eigenvalue weighted by Gasteiger charge is -2.27. The van der Waals surface area contributed by atoms with Crippen LogP contribution in [0.15, 0.2) is 10.9 Å². The van der Waals surface area contributed by atoms with Crippen LogP contribution < -0.4 is 10.9 Å². The maximum absolute atomic E-state index is 12.3. The van der Waals surface area contributed by atoms with Crippen molar-refractivity contribution >= 4 is 0 Å². The van der Waals surface area contributed by atoms with Crippen LogP contribution in [-0.2, 0) is 26.6 Å². The van der Waals surface area contributed by atoms with Crippen molar-refractivity contribution in [3.8, 4) is 0 Å². The first-order chi connectivity index (χ1) is 8.65. The van der Waals surface area contributed by atoms with Gasteiger partial charge >= 0.3 is 0 Å². The SMILES string of the molecule is CN1CCc2c(cc(CNC3CC3)c(=O)n2C)C1. The summed E-state index contributed by atoms with van der Waals surface area (Å²) in [5, 5.41) is 3.43. The summed E-state index contributed by atoms with van der Waals surface area (Å²) < 4.78 is 1.85. The van der Waals surface area contributed by atoms with Gasteiger partial charge in [0.25, 0.3) is 5.56 Å². The molecule has 4 nitrogen and oxygen atoms in total. The van der Waals surface area contributed by atoms with Crippen LogP contribution in [0.3, 0.4) is 0 Å². The lowest BCUT2D eigenvalue weighted by Crippen LogP contribution is -2.35. The average Bonchev–Trinajstić information content (AvgIpc) is 3.16. The zero-order valence-electron chi connectivity index (χ0n) is 11.2. The molecule has 0 aromatic carbocycles. The number of pyridine rings is 1. The third-order valence-electron chi connectivity index (χ3n) is 4.03. The fourth-order valence-electron chi connectivity index (χ4n) is 2.71. The van der Waals surface area contributed by atoms with Crippen molar-refractivity contribution in [3.05, 3.63) is 33.2 Å². The molecular formula is C14H21N3O. The molecule has 0 saturated heterocycles. The van der Waals surface area contributed by atoms with Gasteiger partial charge in [-0.05, 0) is 31.5 Å². The largest absolute Gasteiger partial charge is 0.315 e. The number of hydrogen-bond acceptors (Lipinski definition) is 3. The molecule has 18 heavy (non-hydrogen) atoms. The third-order valence-corrected chi connectivity index (χ3v) is 4.03. The van der Waals surface area contributed by atoms with E-state index in [1.807, 2.05) is 11.6 Å². The Morgan fingerprint density at radius 1 is 1.39 bits per heavy atom. The van der Waals surface area contributed by atoms with Gasteiger partial charge in [0.15, 0.2) is 0 Å². The first-order valence-electron chi connectivity index (χ1n) is 6.77. The fraction of sp³-hybridized carbons (Fsp3) is 0.643. The standard InChI is InChI=1S/C14H21N3O/c1-16-6-5-13-11(9-16)7-10(14(18)17(13)2)8-15-12-3-4-12/h7,12,15H,3-6,8-9H2,1-2H3. The molecular weight excluding hydrogens is 226 g/mol. The molecule has 0 unspecified atom stereocenters. The zero-order chi connectivity index (χ0) is 12.7. The van der Waals surface area contributed by atoms with Crippen LogP contribution in [0.2, 0.25) is 0 Å². The Hall–Kier alpha value is -1.13. The molecule has 0 atom stereocenters. The van der Waals surface area contributed by atoms with E-state index >= 15 is 0 Å². The van der Waals surface area contributed by atoms with Crippen molar-refractivity contribution in [2.45, 2.75) is 38.4 Å². The second-order valence-corrected chi connectivity index (χ2v) is 5.65. The van der Waals surface area contributed by atoms with Crippen molar-refractivity contribution < 1.29 is 0 Å². The molecule has 1 N–H and O–H groups in total. The van der Waals surface area contributed by atoms with Crippen LogP contribution in [0.4, 0.5) is 0 Å². The molecule has 2 aliphatic rings. The van der Waals surface area contributed by atoms with Gasteiger partial charge in [-0.2, -0.15) is 0 Å². The molecule has 1 aliphatic carbocycles. The second-order valence-electron chi connectivity index (χ2n) is 5.65. The van der Waals surface area contributed by atoms with Gasteiger partial charge in [-0.3, -0.25) is 4.79 Å². The number of nitrogens with zero attached hydrogens (tertiary/aromatic N) is 2. The predicted molar refractivity (Wildman–Crippen MR) is 71.6 cm³/mol. The van der Waals surface area contributed by atoms with Crippen LogP contribution in [-0.4, -0.2) is 29.1 Å². The Morgan fingerprint density at radius 2 is 2.17 bits per heavy atom. The van der Waals surface area contributed by atoms with E-state index in [0.29, 0.717) is 12.6 Å². The van der Waals surface area contributed by atoms with Crippen molar-refractivity contribution in [1.29, 1.82) is 0 Å². The van der Waals surface area contributed by atoms with Crippen LogP contribution in [0.5, 0.6) is 0 Å². The Morgan fingerprint density at radius 3 is 2.89 bits per heavy atom. The number of hydrogen-bond donors (Lipinski definition) is 1. The van der Waals surface area contributed by atoms with E-state index in [1.54, 1.807) is 0 Å².